The van der Waals surface area contributed by atoms with Crippen LogP contribution in [0.4, 0.5) is 0 Å². The number of likely N-dealkylation sites (N-methyl/N-ethyl adjacent to an activating group) is 7. The molecule has 25 nitrogen and oxygen atoms in total. The third-order valence-corrected chi connectivity index (χ3v) is 20.8. The molecule has 536 valence electrons. The first kappa shape index (κ1) is 78.1. The van der Waals surface area contributed by atoms with Crippen LogP contribution in [0.3, 0.4) is 0 Å². The van der Waals surface area contributed by atoms with Gasteiger partial charge in [-0.25, -0.2) is 0 Å². The molecule has 26 heteroatoms. The Labute approximate surface area is 574 Å². The minimum Gasteiger partial charge on any atom is -0.378 e. The highest BCUT2D eigenvalue weighted by Gasteiger charge is 2.44. The van der Waals surface area contributed by atoms with Crippen LogP contribution in [-0.2, 0) is 68.7 Å². The van der Waals surface area contributed by atoms with Crippen molar-refractivity contribution >= 4 is 82.5 Å². The van der Waals surface area contributed by atoms with Crippen LogP contribution in [0, 0.1) is 23.7 Å². The van der Waals surface area contributed by atoms with Crippen molar-refractivity contribution in [2.45, 2.75) is 205 Å². The van der Waals surface area contributed by atoms with Gasteiger partial charge in [-0.2, -0.15) is 0 Å². The van der Waals surface area contributed by atoms with E-state index in [1.807, 2.05) is 32.9 Å². The van der Waals surface area contributed by atoms with Crippen molar-refractivity contribution in [2.75, 3.05) is 108 Å². The topological polar surface area (TPSA) is 279 Å². The largest absolute Gasteiger partial charge is 0.378 e. The number of amides is 12. The third kappa shape index (κ3) is 21.8. The maximum atomic E-state index is 15.3. The molecule has 1 aromatic carbocycles. The monoisotopic (exact) mass is 1360 g/mol. The average Bonchev–Trinajstić information content (AvgIpc) is 1.39. The molecule has 0 spiro atoms. The summed E-state index contributed by atoms with van der Waals surface area (Å²) in [4.78, 5) is 187. The summed E-state index contributed by atoms with van der Waals surface area (Å²) < 4.78 is 5.58. The van der Waals surface area contributed by atoms with Gasteiger partial charge >= 0.3 is 0 Å². The number of benzene rings is 1. The Kier molecular flexibility index (Phi) is 30.7. The molecule has 3 N–H and O–H groups in total. The Morgan fingerprint density at radius 3 is 1.84 bits per heavy atom. The molecule has 12 amide bonds. The molecular formula is C70H111ClN12O13. The van der Waals surface area contributed by atoms with E-state index in [1.165, 1.54) is 81.5 Å². The van der Waals surface area contributed by atoms with E-state index in [0.29, 0.717) is 62.8 Å². The van der Waals surface area contributed by atoms with Crippen LogP contribution < -0.4 is 16.0 Å². The smallest absolute Gasteiger partial charge is 0.246 e. The summed E-state index contributed by atoms with van der Waals surface area (Å²) in [6.07, 6.45) is 11.1. The second-order valence-electron chi connectivity index (χ2n) is 28.1. The van der Waals surface area contributed by atoms with Gasteiger partial charge in [0, 0.05) is 87.0 Å². The summed E-state index contributed by atoms with van der Waals surface area (Å²) in [7, 11) is 10.3. The van der Waals surface area contributed by atoms with Gasteiger partial charge in [0.15, 0.2) is 0 Å². The van der Waals surface area contributed by atoms with E-state index in [9.17, 15) is 52.7 Å². The summed E-state index contributed by atoms with van der Waals surface area (Å²) in [6.45, 7) is 7.33. The van der Waals surface area contributed by atoms with Crippen LogP contribution in [-0.4, -0.2) is 266 Å². The van der Waals surface area contributed by atoms with Crippen molar-refractivity contribution in [2.24, 2.45) is 23.7 Å². The highest BCUT2D eigenvalue weighted by Crippen LogP contribution is 2.33. The minimum absolute atomic E-state index is 0.0281. The number of fused-ring (bicyclic) bond motifs is 1. The van der Waals surface area contributed by atoms with Gasteiger partial charge in [0.1, 0.15) is 42.3 Å². The fourth-order valence-electron chi connectivity index (χ4n) is 14.1. The van der Waals surface area contributed by atoms with Gasteiger partial charge in [0.2, 0.25) is 70.9 Å². The predicted octanol–water partition coefficient (Wildman–Crippen LogP) is 4.11. The van der Waals surface area contributed by atoms with Crippen molar-refractivity contribution in [3.63, 3.8) is 0 Å². The fourth-order valence-corrected chi connectivity index (χ4v) is 14.3. The lowest BCUT2D eigenvalue weighted by Gasteiger charge is -2.41. The van der Waals surface area contributed by atoms with E-state index in [4.69, 9.17) is 16.3 Å². The first-order chi connectivity index (χ1) is 45.6. The number of hydrogen-bond acceptors (Lipinski definition) is 13. The number of nitrogens with zero attached hydrogens (tertiary/aromatic N) is 9. The SMILES string of the molecule is CC[C@H](C)[C@@H]1NC(=O)[C@H](CC(C)C)N(C)C(=O)C[C@@H](C(=O)N2CCOCC2)N(C)C(=O)[C@H](C2CCCCC2)N(C)C(=O)CCCCNC(=O)[C@@H]2CCCN2C(=O)[C@H](CCc2ccc(Cl)cc2)NC(=O)CN(C)C(=O)[C@H](CC2CCCCC2)N(C)C(=O)CN(C)C(=O)CN(C)C1=O. The molecule has 3 saturated heterocycles. The number of carbonyl (C=O) groups excluding carboxylic acids is 12. The van der Waals surface area contributed by atoms with Gasteiger partial charge in [-0.15, -0.1) is 0 Å². The van der Waals surface area contributed by atoms with Crippen molar-refractivity contribution in [3.8, 4) is 0 Å². The zero-order valence-electron chi connectivity index (χ0n) is 59.1. The van der Waals surface area contributed by atoms with Gasteiger partial charge in [-0.3, -0.25) is 57.5 Å². The van der Waals surface area contributed by atoms with Crippen LogP contribution in [0.15, 0.2) is 24.3 Å². The summed E-state index contributed by atoms with van der Waals surface area (Å²) in [5.74, 6) is -7.11. The highest BCUT2D eigenvalue weighted by atomic mass is 35.5. The van der Waals surface area contributed by atoms with Gasteiger partial charge in [0.25, 0.3) is 0 Å². The van der Waals surface area contributed by atoms with E-state index in [-0.39, 0.29) is 88.2 Å². The van der Waals surface area contributed by atoms with Gasteiger partial charge in [0.05, 0.1) is 39.3 Å². The van der Waals surface area contributed by atoms with Crippen molar-refractivity contribution < 1.29 is 62.3 Å². The van der Waals surface area contributed by atoms with Crippen LogP contribution >= 0.6 is 11.6 Å². The Morgan fingerprint density at radius 2 is 1.21 bits per heavy atom. The number of halogens is 1. The molecule has 1 aromatic rings. The maximum absolute atomic E-state index is 15.3. The fraction of sp³-hybridized carbons (Fsp3) is 0.743. The molecule has 2 aliphatic carbocycles. The van der Waals surface area contributed by atoms with Gasteiger partial charge in [-0.05, 0) is 106 Å². The molecule has 5 fully saturated rings. The second-order valence-corrected chi connectivity index (χ2v) is 28.5. The first-order valence-corrected chi connectivity index (χ1v) is 35.6. The normalized spacial score (nSPS) is 26.5. The third-order valence-electron chi connectivity index (χ3n) is 20.5. The summed E-state index contributed by atoms with van der Waals surface area (Å²) in [6, 6.07) is -0.523. The number of nitrogens with one attached hydrogen (secondary N) is 3. The lowest BCUT2D eigenvalue weighted by atomic mass is 9.82. The quantitative estimate of drug-likeness (QED) is 0.282. The molecule has 0 unspecified atom stereocenters. The van der Waals surface area contributed by atoms with Crippen LogP contribution in [0.5, 0.6) is 0 Å². The minimum atomic E-state index is -1.35. The van der Waals surface area contributed by atoms with Crippen LogP contribution in [0.25, 0.3) is 0 Å². The van der Waals surface area contributed by atoms with E-state index in [0.717, 1.165) is 56.9 Å². The van der Waals surface area contributed by atoms with Crippen molar-refractivity contribution in [1.82, 2.24) is 60.0 Å². The zero-order chi connectivity index (χ0) is 70.5. The molecular weight excluding hydrogens is 1250 g/mol. The standard InChI is InChI=1S/C70H111ClN12O13/c1-12-47(4)62-69(94)77(7)44-60(87)75(5)45-61(88)79(9)55(41-49-22-15-13-16-23-49)67(92)76(6)43-57(84)73-52(33-30-48-28-31-51(71)32-29-48)66(91)83-35-21-26-53(83)64(89)72-34-20-19-27-58(85)81(11)63(50-24-17-14-18-25-50)70(95)80(10)56(68(93)82-36-38-96-39-37-82)42-59(86)78(8)54(40-46(2)3)65(90)74-62/h28-29,31-32,46-47,49-50,52-56,62-63H,12-27,30,33-45H2,1-11H3,(H,72,89)(H,73,84)(H,74,90)/t47-,52-,53-,54-,55-,56-,62-,63-/m0/s1. The number of ether oxygens (including phenoxy) is 1. The summed E-state index contributed by atoms with van der Waals surface area (Å²) in [5.41, 5.74) is 0.853. The molecule has 0 radical (unpaired) electrons. The molecule has 8 atom stereocenters. The molecule has 5 aliphatic rings. The van der Waals surface area contributed by atoms with Crippen molar-refractivity contribution in [3.05, 3.63) is 34.9 Å². The van der Waals surface area contributed by atoms with E-state index in [2.05, 4.69) is 16.0 Å². The number of carbonyl (C=O) groups is 12. The Hall–Kier alpha value is -6.89. The van der Waals surface area contributed by atoms with Crippen LogP contribution in [0.2, 0.25) is 5.02 Å². The summed E-state index contributed by atoms with van der Waals surface area (Å²) in [5, 5.41) is 9.32. The van der Waals surface area contributed by atoms with E-state index in [1.54, 1.807) is 31.0 Å². The molecule has 0 bridgehead atoms. The molecule has 2 saturated carbocycles. The summed E-state index contributed by atoms with van der Waals surface area (Å²) >= 11 is 6.21. The number of hydrogen-bond donors (Lipinski definition) is 3. The van der Waals surface area contributed by atoms with Crippen LogP contribution in [0.1, 0.15) is 162 Å². The lowest BCUT2D eigenvalue weighted by Crippen LogP contribution is -2.60. The lowest BCUT2D eigenvalue weighted by molar-refractivity contribution is -0.156. The molecule has 6 rings (SSSR count). The van der Waals surface area contributed by atoms with E-state index < -0.39 is 133 Å². The first-order valence-electron chi connectivity index (χ1n) is 35.2. The van der Waals surface area contributed by atoms with Gasteiger partial charge in [-0.1, -0.05) is 109 Å². The maximum Gasteiger partial charge on any atom is 0.246 e. The number of rotatable bonds is 11. The molecule has 96 heavy (non-hydrogen) atoms. The molecule has 3 heterocycles. The average molecular weight is 1360 g/mol. The molecule has 3 aliphatic heterocycles. The Bertz CT molecular complexity index is 2850. The Morgan fingerprint density at radius 1 is 0.594 bits per heavy atom. The van der Waals surface area contributed by atoms with Gasteiger partial charge < -0.3 is 64.8 Å². The second kappa shape index (κ2) is 37.7. The highest BCUT2D eigenvalue weighted by molar-refractivity contribution is 6.30. The molecule has 0 aromatic heterocycles. The predicted molar refractivity (Wildman–Crippen MR) is 363 cm³/mol. The number of aryl methyl sites for hydroxylation is 1. The number of morpholine rings is 1. The van der Waals surface area contributed by atoms with E-state index >= 15 is 4.79 Å². The zero-order valence-corrected chi connectivity index (χ0v) is 59.8. The Balaban J connectivity index is 1.33. The van der Waals surface area contributed by atoms with Crippen molar-refractivity contribution in [1.29, 1.82) is 0 Å².